The zero-order valence-electron chi connectivity index (χ0n) is 5.84. The van der Waals surface area contributed by atoms with Gasteiger partial charge in [-0.2, -0.15) is 4.39 Å². The van der Waals surface area contributed by atoms with Crippen molar-refractivity contribution in [1.29, 1.82) is 0 Å². The zero-order valence-corrected chi connectivity index (χ0v) is 7.55. The molecule has 1 aromatic heterocycles. The second-order valence-corrected chi connectivity index (χ2v) is 3.79. The van der Waals surface area contributed by atoms with Crippen LogP contribution in [0, 0.1) is 10.9 Å². The van der Waals surface area contributed by atoms with Gasteiger partial charge in [0, 0.05) is 10.1 Å². The predicted octanol–water partition coefficient (Wildman–Crippen LogP) is 3.47. The Hall–Kier alpha value is -0.610. The van der Waals surface area contributed by atoms with E-state index in [-0.39, 0.29) is 10.3 Å². The lowest BCUT2D eigenvalue weighted by Gasteiger charge is -1.91. The smallest absolute Gasteiger partial charge is 0.191 e. The highest BCUT2D eigenvalue weighted by molar-refractivity contribution is 7.80. The van der Waals surface area contributed by atoms with Gasteiger partial charge < -0.3 is 0 Å². The van der Waals surface area contributed by atoms with Gasteiger partial charge in [0.2, 0.25) is 0 Å². The molecule has 2 aromatic rings. The molecule has 0 fully saturated rings. The lowest BCUT2D eigenvalue weighted by atomic mass is 10.2. The van der Waals surface area contributed by atoms with E-state index in [1.54, 1.807) is 12.1 Å². The Morgan fingerprint density at radius 3 is 2.67 bits per heavy atom. The predicted molar refractivity (Wildman–Crippen MR) is 49.0 cm³/mol. The van der Waals surface area contributed by atoms with Crippen LogP contribution in [0.5, 0.6) is 0 Å². The third kappa shape index (κ3) is 1.03. The molecule has 0 saturated heterocycles. The second-order valence-electron chi connectivity index (χ2n) is 2.34. The maximum Gasteiger partial charge on any atom is 0.191 e. The van der Waals surface area contributed by atoms with Crippen LogP contribution >= 0.6 is 24.0 Å². The first-order valence-electron chi connectivity index (χ1n) is 3.25. The van der Waals surface area contributed by atoms with Gasteiger partial charge in [0.1, 0.15) is 5.82 Å². The average Bonchev–Trinajstić information content (AvgIpc) is 2.29. The highest BCUT2D eigenvalue weighted by Gasteiger charge is 2.11. The number of thiophene rings is 1. The summed E-state index contributed by atoms with van der Waals surface area (Å²) in [5.41, 5.74) is 0. The number of hydrogen-bond donors (Lipinski definition) is 1. The van der Waals surface area contributed by atoms with E-state index >= 15 is 0 Å². The van der Waals surface area contributed by atoms with Crippen LogP contribution in [0.3, 0.4) is 0 Å². The van der Waals surface area contributed by atoms with Crippen LogP contribution in [-0.4, -0.2) is 0 Å². The van der Waals surface area contributed by atoms with E-state index in [1.807, 2.05) is 0 Å². The molecule has 12 heavy (non-hydrogen) atoms. The zero-order chi connectivity index (χ0) is 8.72. The van der Waals surface area contributed by atoms with Crippen LogP contribution in [0.4, 0.5) is 8.78 Å². The summed E-state index contributed by atoms with van der Waals surface area (Å²) < 4.78 is 26.5. The number of hydrogen-bond acceptors (Lipinski definition) is 2. The molecule has 0 N–H and O–H groups in total. The third-order valence-electron chi connectivity index (χ3n) is 1.60. The van der Waals surface area contributed by atoms with E-state index in [0.717, 1.165) is 11.3 Å². The number of rotatable bonds is 0. The Morgan fingerprint density at radius 2 is 2.00 bits per heavy atom. The fourth-order valence-electron chi connectivity index (χ4n) is 1.06. The van der Waals surface area contributed by atoms with Crippen LogP contribution in [0.15, 0.2) is 23.1 Å². The fourth-order valence-corrected chi connectivity index (χ4v) is 2.34. The molecule has 1 heterocycles. The molecule has 0 spiro atoms. The quantitative estimate of drug-likeness (QED) is 0.621. The van der Waals surface area contributed by atoms with Crippen molar-refractivity contribution in [3.05, 3.63) is 29.1 Å². The van der Waals surface area contributed by atoms with Crippen molar-refractivity contribution in [1.82, 2.24) is 0 Å². The normalized spacial score (nSPS) is 10.9. The second kappa shape index (κ2) is 2.71. The molecule has 0 aliphatic carbocycles. The van der Waals surface area contributed by atoms with Crippen molar-refractivity contribution >= 4 is 34.1 Å². The summed E-state index contributed by atoms with van der Waals surface area (Å²) in [4.78, 5) is 0.105. The van der Waals surface area contributed by atoms with Crippen molar-refractivity contribution in [3.8, 4) is 0 Å². The van der Waals surface area contributed by atoms with Gasteiger partial charge in [-0.25, -0.2) is 4.39 Å². The maximum atomic E-state index is 13.1. The molecule has 0 aliphatic heterocycles. The molecule has 62 valence electrons. The minimum atomic E-state index is -0.432. The van der Waals surface area contributed by atoms with E-state index in [1.165, 1.54) is 6.07 Å². The fraction of sp³-hybridized carbons (Fsp3) is 0. The number of thiol groups is 1. The first kappa shape index (κ1) is 8.01. The molecular weight excluding hydrogens is 198 g/mol. The van der Waals surface area contributed by atoms with Crippen LogP contribution < -0.4 is 0 Å². The molecule has 0 atom stereocenters. The topological polar surface area (TPSA) is 0 Å². The molecule has 1 aromatic carbocycles. The van der Waals surface area contributed by atoms with Crippen molar-refractivity contribution in [2.24, 2.45) is 0 Å². The summed E-state index contributed by atoms with van der Waals surface area (Å²) in [6, 6.07) is 4.53. The van der Waals surface area contributed by atoms with Crippen molar-refractivity contribution < 1.29 is 8.78 Å². The summed E-state index contributed by atoms with van der Waals surface area (Å²) in [5.74, 6) is -0.419. The Labute approximate surface area is 77.2 Å². The Kier molecular flexibility index (Phi) is 1.81. The third-order valence-corrected chi connectivity index (χ3v) is 3.11. The Balaban J connectivity index is 2.97. The molecule has 2 rings (SSSR count). The lowest BCUT2D eigenvalue weighted by molar-refractivity contribution is 0.623. The van der Waals surface area contributed by atoms with Crippen LogP contribution in [0.25, 0.3) is 10.1 Å². The standard InChI is InChI=1S/C8H4F2S2/c9-4-2-1-3-5-6(4)7(11)8(10)12-5/h1-3,11H. The molecule has 0 aliphatic rings. The summed E-state index contributed by atoms with van der Waals surface area (Å²) in [6.07, 6.45) is 0. The highest BCUT2D eigenvalue weighted by atomic mass is 32.1. The first-order chi connectivity index (χ1) is 5.70. The van der Waals surface area contributed by atoms with Crippen molar-refractivity contribution in [2.45, 2.75) is 4.90 Å². The van der Waals surface area contributed by atoms with Crippen molar-refractivity contribution in [2.75, 3.05) is 0 Å². The van der Waals surface area contributed by atoms with Gasteiger partial charge >= 0.3 is 0 Å². The van der Waals surface area contributed by atoms with E-state index in [0.29, 0.717) is 4.70 Å². The molecule has 0 amide bonds. The van der Waals surface area contributed by atoms with E-state index in [9.17, 15) is 8.78 Å². The molecular formula is C8H4F2S2. The van der Waals surface area contributed by atoms with E-state index < -0.39 is 10.9 Å². The summed E-state index contributed by atoms with van der Waals surface area (Å²) in [6.45, 7) is 0. The summed E-state index contributed by atoms with van der Waals surface area (Å²) >= 11 is 4.79. The lowest BCUT2D eigenvalue weighted by Crippen LogP contribution is -1.74. The van der Waals surface area contributed by atoms with Gasteiger partial charge in [-0.1, -0.05) is 6.07 Å². The molecule has 0 radical (unpaired) electrons. The maximum absolute atomic E-state index is 13.1. The number of benzene rings is 1. The number of halogens is 2. The van der Waals surface area contributed by atoms with Crippen LogP contribution in [0.2, 0.25) is 0 Å². The molecule has 0 unspecified atom stereocenters. The van der Waals surface area contributed by atoms with Crippen molar-refractivity contribution in [3.63, 3.8) is 0 Å². The van der Waals surface area contributed by atoms with Crippen LogP contribution in [0.1, 0.15) is 0 Å². The molecule has 0 saturated carbocycles. The van der Waals surface area contributed by atoms with Gasteiger partial charge in [0.25, 0.3) is 0 Å². The van der Waals surface area contributed by atoms with Gasteiger partial charge in [-0.05, 0) is 12.1 Å². The van der Waals surface area contributed by atoms with Crippen LogP contribution in [-0.2, 0) is 0 Å². The largest absolute Gasteiger partial charge is 0.206 e. The van der Waals surface area contributed by atoms with Gasteiger partial charge in [0.05, 0.1) is 4.90 Å². The summed E-state index contributed by atoms with van der Waals surface area (Å²) in [5, 5.41) is -0.151. The van der Waals surface area contributed by atoms with E-state index in [4.69, 9.17) is 0 Å². The highest BCUT2D eigenvalue weighted by Crippen LogP contribution is 2.33. The number of fused-ring (bicyclic) bond motifs is 1. The van der Waals surface area contributed by atoms with Gasteiger partial charge in [-0.3, -0.25) is 0 Å². The first-order valence-corrected chi connectivity index (χ1v) is 4.52. The molecule has 4 heteroatoms. The monoisotopic (exact) mass is 202 g/mol. The van der Waals surface area contributed by atoms with Gasteiger partial charge in [-0.15, -0.1) is 24.0 Å². The minimum Gasteiger partial charge on any atom is -0.206 e. The summed E-state index contributed by atoms with van der Waals surface area (Å²) in [7, 11) is 0. The van der Waals surface area contributed by atoms with Gasteiger partial charge in [0.15, 0.2) is 5.13 Å². The molecule has 0 nitrogen and oxygen atoms in total. The SMILES string of the molecule is Fc1sc2cccc(F)c2c1S. The Morgan fingerprint density at radius 1 is 1.25 bits per heavy atom. The Bertz CT molecular complexity index is 434. The molecule has 0 bridgehead atoms. The van der Waals surface area contributed by atoms with E-state index in [2.05, 4.69) is 12.6 Å². The average molecular weight is 202 g/mol. The minimum absolute atomic E-state index is 0.105.